The van der Waals surface area contributed by atoms with Gasteiger partial charge in [-0.1, -0.05) is 115 Å². The lowest BCUT2D eigenvalue weighted by atomic mass is 9.98. The van der Waals surface area contributed by atoms with Crippen molar-refractivity contribution in [3.05, 3.63) is 133 Å². The number of hydrogen-bond donors (Lipinski definition) is 1. The predicted molar refractivity (Wildman–Crippen MR) is 173 cm³/mol. The lowest BCUT2D eigenvalue weighted by Crippen LogP contribution is -2.67. The first-order chi connectivity index (χ1) is 20.9. The van der Waals surface area contributed by atoms with Crippen LogP contribution in [0, 0.1) is 0 Å². The van der Waals surface area contributed by atoms with E-state index in [4.69, 9.17) is 18.3 Å². The molecule has 0 saturated carbocycles. The highest BCUT2D eigenvalue weighted by Crippen LogP contribution is 2.44. The molecule has 5 rings (SSSR count). The summed E-state index contributed by atoms with van der Waals surface area (Å²) in [5.74, 6) is 0.00422. The zero-order chi connectivity index (χ0) is 30.1. The normalized spacial score (nSPS) is 12.8. The maximum absolute atomic E-state index is 12.8. The molecule has 1 aliphatic carbocycles. The molecule has 6 nitrogen and oxygen atoms in total. The van der Waals surface area contributed by atoms with E-state index in [-0.39, 0.29) is 25.7 Å². The van der Waals surface area contributed by atoms with Crippen molar-refractivity contribution in [2.75, 3.05) is 33.0 Å². The van der Waals surface area contributed by atoms with E-state index < -0.39 is 20.3 Å². The second-order valence-electron chi connectivity index (χ2n) is 11.1. The van der Waals surface area contributed by atoms with Crippen molar-refractivity contribution >= 4 is 25.0 Å². The highest BCUT2D eigenvalue weighted by atomic mass is 28.4. The molecule has 0 heterocycles. The summed E-state index contributed by atoms with van der Waals surface area (Å²) in [4.78, 5) is 12.8. The molecule has 0 atom stereocenters. The van der Waals surface area contributed by atoms with E-state index in [9.17, 15) is 4.79 Å². The standard InChI is InChI=1S/C36H39NO5Si/c1-4-24-39-27-36(2,3)42-43(28-15-7-5-8-16-28,29-17-9-6-10-18-29)41-25-23-37-35(38)40-26-34-32-21-13-11-19-30(32)31-20-12-14-22-33(31)34/h4-22,34H,1,23-27H2,2-3H3,(H,37,38). The second-order valence-corrected chi connectivity index (χ2v) is 14.0. The van der Waals surface area contributed by atoms with Gasteiger partial charge in [-0.2, -0.15) is 0 Å². The molecule has 0 spiro atoms. The van der Waals surface area contributed by atoms with Gasteiger partial charge >= 0.3 is 14.7 Å². The largest absolute Gasteiger partial charge is 0.449 e. The van der Waals surface area contributed by atoms with Crippen molar-refractivity contribution in [1.82, 2.24) is 5.32 Å². The zero-order valence-electron chi connectivity index (χ0n) is 24.8. The predicted octanol–water partition coefficient (Wildman–Crippen LogP) is 5.80. The van der Waals surface area contributed by atoms with Crippen LogP contribution in [0.25, 0.3) is 11.1 Å². The van der Waals surface area contributed by atoms with Crippen LogP contribution in [0.1, 0.15) is 30.9 Å². The van der Waals surface area contributed by atoms with Crippen molar-refractivity contribution in [1.29, 1.82) is 0 Å². The average Bonchev–Trinajstić information content (AvgIpc) is 3.36. The Morgan fingerprint density at radius 3 is 1.93 bits per heavy atom. The molecule has 0 aliphatic heterocycles. The summed E-state index contributed by atoms with van der Waals surface area (Å²) < 4.78 is 25.2. The molecule has 1 aliphatic rings. The van der Waals surface area contributed by atoms with E-state index in [1.807, 2.05) is 98.8 Å². The fourth-order valence-corrected chi connectivity index (χ4v) is 9.05. The highest BCUT2D eigenvalue weighted by molar-refractivity contribution is 6.92. The van der Waals surface area contributed by atoms with Crippen LogP contribution in [-0.4, -0.2) is 53.2 Å². The molecule has 7 heteroatoms. The van der Waals surface area contributed by atoms with Crippen molar-refractivity contribution in [3.8, 4) is 11.1 Å². The summed E-state index contributed by atoms with van der Waals surface area (Å²) >= 11 is 0. The minimum atomic E-state index is -3.23. The third kappa shape index (κ3) is 7.14. The van der Waals surface area contributed by atoms with Crippen LogP contribution in [0.4, 0.5) is 4.79 Å². The van der Waals surface area contributed by atoms with Crippen molar-refractivity contribution < 1.29 is 23.1 Å². The molecule has 1 N–H and O–H groups in total. The van der Waals surface area contributed by atoms with Crippen LogP contribution in [0.15, 0.2) is 122 Å². The van der Waals surface area contributed by atoms with Crippen LogP contribution < -0.4 is 15.7 Å². The van der Waals surface area contributed by atoms with Crippen molar-refractivity contribution in [2.45, 2.75) is 25.4 Å². The third-order valence-electron chi connectivity index (χ3n) is 7.43. The van der Waals surface area contributed by atoms with E-state index >= 15 is 0 Å². The fraction of sp³-hybridized carbons (Fsp3) is 0.250. The zero-order valence-corrected chi connectivity index (χ0v) is 25.8. The lowest BCUT2D eigenvalue weighted by molar-refractivity contribution is -0.0145. The Kier molecular flexibility index (Phi) is 9.89. The first kappa shape index (κ1) is 30.4. The van der Waals surface area contributed by atoms with Gasteiger partial charge in [-0.3, -0.25) is 0 Å². The SMILES string of the molecule is C=CCOCC(C)(C)O[Si](OCCNC(=O)OCC1c2ccccc2-c2ccccc21)(c1ccccc1)c1ccccc1. The maximum Gasteiger partial charge on any atom is 0.407 e. The molecule has 222 valence electrons. The number of carbonyl (C=O) groups is 1. The van der Waals surface area contributed by atoms with E-state index in [0.29, 0.717) is 13.2 Å². The molecule has 4 aromatic rings. The molecule has 0 aromatic heterocycles. The number of rotatable bonds is 14. The third-order valence-corrected chi connectivity index (χ3v) is 11.1. The number of nitrogens with one attached hydrogen (secondary N) is 1. The molecular weight excluding hydrogens is 554 g/mol. The van der Waals surface area contributed by atoms with Gasteiger partial charge in [0.1, 0.15) is 6.61 Å². The molecule has 1 amide bonds. The molecule has 0 bridgehead atoms. The molecular formula is C36H39NO5Si. The van der Waals surface area contributed by atoms with Gasteiger partial charge < -0.3 is 23.6 Å². The number of fused-ring (bicyclic) bond motifs is 3. The Bertz CT molecular complexity index is 1420. The Morgan fingerprint density at radius 2 is 1.37 bits per heavy atom. The maximum atomic E-state index is 12.8. The highest BCUT2D eigenvalue weighted by Gasteiger charge is 2.47. The van der Waals surface area contributed by atoms with Gasteiger partial charge in [0.2, 0.25) is 0 Å². The Balaban J connectivity index is 1.26. The molecule has 0 saturated heterocycles. The summed E-state index contributed by atoms with van der Waals surface area (Å²) in [7, 11) is -3.23. The first-order valence-corrected chi connectivity index (χ1v) is 16.5. The summed E-state index contributed by atoms with van der Waals surface area (Å²) in [5, 5.41) is 4.82. The second kappa shape index (κ2) is 14.0. The van der Waals surface area contributed by atoms with Crippen molar-refractivity contribution in [2.24, 2.45) is 0 Å². The van der Waals surface area contributed by atoms with Crippen LogP contribution in [-0.2, 0) is 18.3 Å². The van der Waals surface area contributed by atoms with Gasteiger partial charge in [-0.25, -0.2) is 4.79 Å². The molecule has 4 aromatic carbocycles. The molecule has 0 radical (unpaired) electrons. The first-order valence-electron chi connectivity index (χ1n) is 14.7. The quantitative estimate of drug-likeness (QED) is 0.114. The molecule has 43 heavy (non-hydrogen) atoms. The Labute approximate surface area is 255 Å². The van der Waals surface area contributed by atoms with Crippen LogP contribution in [0.2, 0.25) is 0 Å². The van der Waals surface area contributed by atoms with Crippen LogP contribution in [0.3, 0.4) is 0 Å². The minimum Gasteiger partial charge on any atom is -0.449 e. The summed E-state index contributed by atoms with van der Waals surface area (Å²) in [5.41, 5.74) is 4.10. The lowest BCUT2D eigenvalue weighted by Gasteiger charge is -2.39. The van der Waals surface area contributed by atoms with Crippen LogP contribution in [0.5, 0.6) is 0 Å². The molecule has 0 fully saturated rings. The number of hydrogen-bond acceptors (Lipinski definition) is 5. The van der Waals surface area contributed by atoms with Gasteiger partial charge in [0.05, 0.1) is 25.4 Å². The topological polar surface area (TPSA) is 66.0 Å². The van der Waals surface area contributed by atoms with E-state index in [1.54, 1.807) is 6.08 Å². The summed E-state index contributed by atoms with van der Waals surface area (Å²) in [6.07, 6.45) is 1.25. The van der Waals surface area contributed by atoms with Gasteiger partial charge in [-0.15, -0.1) is 6.58 Å². The monoisotopic (exact) mass is 593 g/mol. The Hall–Kier alpha value is -4.01. The van der Waals surface area contributed by atoms with Crippen molar-refractivity contribution in [3.63, 3.8) is 0 Å². The number of alkyl carbamates (subject to hydrolysis) is 1. The average molecular weight is 594 g/mol. The summed E-state index contributed by atoms with van der Waals surface area (Å²) in [6.45, 7) is 9.32. The Morgan fingerprint density at radius 1 is 0.837 bits per heavy atom. The number of benzene rings is 4. The van der Waals surface area contributed by atoms with Gasteiger partial charge in [0, 0.05) is 12.5 Å². The number of carbonyl (C=O) groups excluding carboxylic acids is 1. The summed E-state index contributed by atoms with van der Waals surface area (Å²) in [6, 6.07) is 36.7. The van der Waals surface area contributed by atoms with Gasteiger partial charge in [0.25, 0.3) is 0 Å². The van der Waals surface area contributed by atoms with Crippen LogP contribution >= 0.6 is 0 Å². The van der Waals surface area contributed by atoms with E-state index in [1.165, 1.54) is 22.3 Å². The number of amides is 1. The van der Waals surface area contributed by atoms with E-state index in [0.717, 1.165) is 10.4 Å². The minimum absolute atomic E-state index is 0.00422. The molecule has 0 unspecified atom stereocenters. The van der Waals surface area contributed by atoms with Gasteiger partial charge in [0.15, 0.2) is 0 Å². The van der Waals surface area contributed by atoms with E-state index in [2.05, 4.69) is 36.2 Å². The fourth-order valence-electron chi connectivity index (χ4n) is 5.60. The number of ether oxygens (including phenoxy) is 2. The van der Waals surface area contributed by atoms with Gasteiger partial charge in [-0.05, 0) is 46.5 Å². The smallest absolute Gasteiger partial charge is 0.407 e.